The number of benzene rings is 3. The van der Waals surface area contributed by atoms with Crippen LogP contribution in [0.25, 0.3) is 0 Å². The van der Waals surface area contributed by atoms with Gasteiger partial charge in [0.15, 0.2) is 18.1 Å². The molecule has 2 amide bonds. The van der Waals surface area contributed by atoms with Crippen molar-refractivity contribution in [2.24, 2.45) is 0 Å². The summed E-state index contributed by atoms with van der Waals surface area (Å²) in [5, 5.41) is 5.77. The van der Waals surface area contributed by atoms with Crippen LogP contribution in [0.1, 0.15) is 34.5 Å². The molecule has 4 rings (SSSR count). The number of hydrogen-bond donors (Lipinski definition) is 2. The highest BCUT2D eigenvalue weighted by molar-refractivity contribution is 5.97. The third-order valence-corrected chi connectivity index (χ3v) is 5.06. The lowest BCUT2D eigenvalue weighted by atomic mass is 10.1. The van der Waals surface area contributed by atoms with Gasteiger partial charge < -0.3 is 24.8 Å². The van der Waals surface area contributed by atoms with E-state index in [0.717, 1.165) is 11.1 Å². The van der Waals surface area contributed by atoms with E-state index < -0.39 is 0 Å². The first-order chi connectivity index (χ1) is 15.6. The Kier molecular flexibility index (Phi) is 6.55. The fourth-order valence-electron chi connectivity index (χ4n) is 3.35. The Morgan fingerprint density at radius 3 is 2.56 bits per heavy atom. The molecule has 0 spiro atoms. The van der Waals surface area contributed by atoms with Gasteiger partial charge in [-0.25, -0.2) is 0 Å². The number of fused-ring (bicyclic) bond motifs is 1. The van der Waals surface area contributed by atoms with E-state index in [2.05, 4.69) is 10.6 Å². The topological polar surface area (TPSA) is 85.9 Å². The average Bonchev–Trinajstić information content (AvgIpc) is 3.30. The Morgan fingerprint density at radius 1 is 0.969 bits per heavy atom. The second-order valence-corrected chi connectivity index (χ2v) is 7.36. The van der Waals surface area contributed by atoms with Crippen molar-refractivity contribution in [3.05, 3.63) is 89.5 Å². The zero-order valence-corrected chi connectivity index (χ0v) is 17.7. The Hall–Kier alpha value is -4.00. The molecule has 1 heterocycles. The smallest absolute Gasteiger partial charge is 0.258 e. The predicted molar refractivity (Wildman–Crippen MR) is 119 cm³/mol. The number of nitrogens with one attached hydrogen (secondary N) is 2. The zero-order valence-electron chi connectivity index (χ0n) is 17.7. The Bertz CT molecular complexity index is 1100. The minimum Gasteiger partial charge on any atom is -0.483 e. The molecule has 3 aromatic rings. The van der Waals surface area contributed by atoms with Crippen LogP contribution in [-0.2, 0) is 11.3 Å². The second-order valence-electron chi connectivity index (χ2n) is 7.36. The first kappa shape index (κ1) is 21.2. The van der Waals surface area contributed by atoms with E-state index in [1.165, 1.54) is 0 Å². The highest BCUT2D eigenvalue weighted by Gasteiger charge is 2.18. The van der Waals surface area contributed by atoms with Crippen LogP contribution in [0.2, 0.25) is 0 Å². The maximum atomic E-state index is 12.6. The molecular weight excluding hydrogens is 408 g/mol. The number of para-hydroxylation sites is 1. The number of rotatable bonds is 8. The number of amides is 2. The second kappa shape index (κ2) is 9.87. The number of hydrogen-bond acceptors (Lipinski definition) is 5. The summed E-state index contributed by atoms with van der Waals surface area (Å²) in [6.07, 6.45) is 0. The molecule has 0 bridgehead atoms. The minimum atomic E-state index is -0.297. The summed E-state index contributed by atoms with van der Waals surface area (Å²) in [5.41, 5.74) is 2.26. The van der Waals surface area contributed by atoms with Gasteiger partial charge in [-0.05, 0) is 42.3 Å². The molecule has 1 aliphatic rings. The summed E-state index contributed by atoms with van der Waals surface area (Å²) in [6.45, 7) is 2.27. The van der Waals surface area contributed by atoms with Gasteiger partial charge in [0.1, 0.15) is 5.75 Å². The fourth-order valence-corrected chi connectivity index (χ4v) is 3.35. The van der Waals surface area contributed by atoms with Crippen molar-refractivity contribution < 1.29 is 23.8 Å². The van der Waals surface area contributed by atoms with Crippen LogP contribution >= 0.6 is 0 Å². The molecule has 1 aliphatic heterocycles. The van der Waals surface area contributed by atoms with Crippen LogP contribution in [0.15, 0.2) is 72.8 Å². The Morgan fingerprint density at radius 2 is 1.72 bits per heavy atom. The van der Waals surface area contributed by atoms with Crippen molar-refractivity contribution in [2.75, 3.05) is 13.4 Å². The first-order valence-electron chi connectivity index (χ1n) is 10.3. The number of carbonyl (C=O) groups is 2. The van der Waals surface area contributed by atoms with Crippen molar-refractivity contribution in [1.29, 1.82) is 0 Å². The van der Waals surface area contributed by atoms with Crippen molar-refractivity contribution in [1.82, 2.24) is 10.6 Å². The van der Waals surface area contributed by atoms with Gasteiger partial charge in [0.2, 0.25) is 6.79 Å². The molecule has 1 atom stereocenters. The van der Waals surface area contributed by atoms with E-state index in [0.29, 0.717) is 29.4 Å². The van der Waals surface area contributed by atoms with Gasteiger partial charge in [0.05, 0.1) is 11.6 Å². The van der Waals surface area contributed by atoms with Crippen molar-refractivity contribution in [3.63, 3.8) is 0 Å². The molecule has 0 fully saturated rings. The molecule has 7 nitrogen and oxygen atoms in total. The molecule has 0 saturated heterocycles. The van der Waals surface area contributed by atoms with Crippen LogP contribution in [0.3, 0.4) is 0 Å². The molecule has 32 heavy (non-hydrogen) atoms. The largest absolute Gasteiger partial charge is 0.483 e. The maximum absolute atomic E-state index is 12.6. The molecule has 164 valence electrons. The van der Waals surface area contributed by atoms with E-state index >= 15 is 0 Å². The molecular formula is C25H24N2O5. The van der Waals surface area contributed by atoms with Crippen LogP contribution in [0.4, 0.5) is 0 Å². The molecule has 0 saturated carbocycles. The fraction of sp³-hybridized carbons (Fsp3) is 0.200. The Labute approximate surface area is 186 Å². The van der Waals surface area contributed by atoms with Crippen LogP contribution in [-0.4, -0.2) is 25.2 Å². The van der Waals surface area contributed by atoms with Gasteiger partial charge in [-0.1, -0.05) is 48.5 Å². The van der Waals surface area contributed by atoms with Crippen LogP contribution < -0.4 is 24.8 Å². The highest BCUT2D eigenvalue weighted by atomic mass is 16.7. The zero-order chi connectivity index (χ0) is 22.3. The Balaban J connectivity index is 1.32. The standard InChI is InChI=1S/C25H24N2O5/c1-17(19-11-12-22-23(13-19)32-16-31-22)27-24(28)15-30-21-10-6-5-9-20(21)25(29)26-14-18-7-3-2-4-8-18/h2-13,17H,14-16H2,1H3,(H,26,29)(H,27,28)/t17-/m0/s1. The lowest BCUT2D eigenvalue weighted by Crippen LogP contribution is -2.31. The van der Waals surface area contributed by atoms with E-state index in [-0.39, 0.29) is 31.3 Å². The maximum Gasteiger partial charge on any atom is 0.258 e. The van der Waals surface area contributed by atoms with Gasteiger partial charge in [0, 0.05) is 6.54 Å². The summed E-state index contributed by atoms with van der Waals surface area (Å²) in [7, 11) is 0. The van der Waals surface area contributed by atoms with E-state index in [1.807, 2.05) is 55.5 Å². The molecule has 0 aromatic heterocycles. The molecule has 7 heteroatoms. The molecule has 3 aromatic carbocycles. The highest BCUT2D eigenvalue weighted by Crippen LogP contribution is 2.34. The molecule has 2 N–H and O–H groups in total. The van der Waals surface area contributed by atoms with E-state index in [4.69, 9.17) is 14.2 Å². The SMILES string of the molecule is C[C@H](NC(=O)COc1ccccc1C(=O)NCc1ccccc1)c1ccc2c(c1)OCO2. The van der Waals surface area contributed by atoms with Crippen molar-refractivity contribution >= 4 is 11.8 Å². The van der Waals surface area contributed by atoms with Gasteiger partial charge in [-0.3, -0.25) is 9.59 Å². The van der Waals surface area contributed by atoms with Crippen molar-refractivity contribution in [3.8, 4) is 17.2 Å². The van der Waals surface area contributed by atoms with Crippen molar-refractivity contribution in [2.45, 2.75) is 19.5 Å². The molecule has 0 radical (unpaired) electrons. The average molecular weight is 432 g/mol. The normalized spacial score (nSPS) is 12.7. The van der Waals surface area contributed by atoms with Gasteiger partial charge in [-0.2, -0.15) is 0 Å². The van der Waals surface area contributed by atoms with Gasteiger partial charge in [0.25, 0.3) is 11.8 Å². The molecule has 0 unspecified atom stereocenters. The summed E-state index contributed by atoms with van der Waals surface area (Å²) in [5.74, 6) is 1.14. The van der Waals surface area contributed by atoms with E-state index in [1.54, 1.807) is 24.3 Å². The third kappa shape index (κ3) is 5.18. The first-order valence-corrected chi connectivity index (χ1v) is 10.3. The van der Waals surface area contributed by atoms with E-state index in [9.17, 15) is 9.59 Å². The summed E-state index contributed by atoms with van der Waals surface area (Å²) >= 11 is 0. The lowest BCUT2D eigenvalue weighted by molar-refractivity contribution is -0.123. The number of carbonyl (C=O) groups excluding carboxylic acids is 2. The van der Waals surface area contributed by atoms with Crippen LogP contribution in [0, 0.1) is 0 Å². The number of ether oxygens (including phenoxy) is 3. The lowest BCUT2D eigenvalue weighted by Gasteiger charge is -2.16. The monoisotopic (exact) mass is 432 g/mol. The van der Waals surface area contributed by atoms with Gasteiger partial charge >= 0.3 is 0 Å². The van der Waals surface area contributed by atoms with Crippen LogP contribution in [0.5, 0.6) is 17.2 Å². The summed E-state index contributed by atoms with van der Waals surface area (Å²) in [4.78, 5) is 25.1. The minimum absolute atomic E-state index is 0.200. The summed E-state index contributed by atoms with van der Waals surface area (Å²) < 4.78 is 16.4. The quantitative estimate of drug-likeness (QED) is 0.568. The molecule has 0 aliphatic carbocycles. The predicted octanol–water partition coefficient (Wildman–Crippen LogP) is 3.60. The van der Waals surface area contributed by atoms with Gasteiger partial charge in [-0.15, -0.1) is 0 Å². The third-order valence-electron chi connectivity index (χ3n) is 5.06. The summed E-state index contributed by atoms with van der Waals surface area (Å²) in [6, 6.07) is 21.8.